The molecule has 5 nitrogen and oxygen atoms in total. The van der Waals surface area contributed by atoms with Crippen LogP contribution in [0, 0.1) is 0 Å². The number of nitrogens with zero attached hydrogens (tertiary/aromatic N) is 2. The first-order chi connectivity index (χ1) is 13.7. The van der Waals surface area contributed by atoms with Crippen molar-refractivity contribution in [2.45, 2.75) is 13.5 Å². The number of H-pyrrole nitrogens is 1. The lowest BCUT2D eigenvalue weighted by atomic mass is 10.1. The monoisotopic (exact) mass is 389 g/mol. The van der Waals surface area contributed by atoms with E-state index in [1.165, 1.54) is 11.3 Å². The fraction of sp³-hybridized carbons (Fsp3) is 0.136. The van der Waals surface area contributed by atoms with Crippen LogP contribution in [0.1, 0.15) is 22.4 Å². The lowest BCUT2D eigenvalue weighted by Gasteiger charge is -2.20. The van der Waals surface area contributed by atoms with E-state index in [9.17, 15) is 9.59 Å². The van der Waals surface area contributed by atoms with E-state index < -0.39 is 0 Å². The van der Waals surface area contributed by atoms with Gasteiger partial charge < -0.3 is 9.88 Å². The molecule has 0 aliphatic heterocycles. The van der Waals surface area contributed by atoms with E-state index in [4.69, 9.17) is 0 Å². The molecule has 4 aromatic rings. The number of fused-ring (bicyclic) bond motifs is 1. The number of rotatable bonds is 5. The number of carbonyl (C=O) groups is 1. The molecule has 2 aromatic heterocycles. The minimum Gasteiger partial charge on any atom is -0.331 e. The predicted molar refractivity (Wildman–Crippen MR) is 113 cm³/mol. The molecule has 0 unspecified atom stereocenters. The highest BCUT2D eigenvalue weighted by molar-refractivity contribution is 7.12. The highest BCUT2D eigenvalue weighted by Gasteiger charge is 2.21. The quantitative estimate of drug-likeness (QED) is 0.553. The summed E-state index contributed by atoms with van der Waals surface area (Å²) in [5.74, 6) is 0.420. The molecule has 28 heavy (non-hydrogen) atoms. The van der Waals surface area contributed by atoms with E-state index in [2.05, 4.69) is 9.97 Å². The number of benzene rings is 2. The normalized spacial score (nSPS) is 10.9. The van der Waals surface area contributed by atoms with Crippen LogP contribution in [0.3, 0.4) is 0 Å². The molecule has 6 heteroatoms. The first-order valence-corrected chi connectivity index (χ1v) is 9.95. The second-order valence-corrected chi connectivity index (χ2v) is 7.29. The van der Waals surface area contributed by atoms with Gasteiger partial charge in [0.1, 0.15) is 5.82 Å². The lowest BCUT2D eigenvalue weighted by Crippen LogP contribution is -2.31. The highest BCUT2D eigenvalue weighted by atomic mass is 32.1. The van der Waals surface area contributed by atoms with Crippen LogP contribution in [0.5, 0.6) is 0 Å². The van der Waals surface area contributed by atoms with Crippen LogP contribution in [-0.4, -0.2) is 27.3 Å². The van der Waals surface area contributed by atoms with Crippen molar-refractivity contribution in [2.75, 3.05) is 6.54 Å². The maximum Gasteiger partial charge on any atom is 0.264 e. The van der Waals surface area contributed by atoms with Crippen molar-refractivity contribution in [1.29, 1.82) is 0 Å². The molecule has 0 radical (unpaired) electrons. The van der Waals surface area contributed by atoms with Crippen molar-refractivity contribution in [3.63, 3.8) is 0 Å². The molecule has 140 valence electrons. The number of nitrogens with one attached hydrogen (secondary N) is 1. The van der Waals surface area contributed by atoms with Crippen molar-refractivity contribution >= 4 is 28.1 Å². The summed E-state index contributed by atoms with van der Waals surface area (Å²) in [4.78, 5) is 35.2. The summed E-state index contributed by atoms with van der Waals surface area (Å²) in [6.07, 6.45) is 0. The number of thiophene rings is 1. The van der Waals surface area contributed by atoms with E-state index in [0.29, 0.717) is 28.1 Å². The number of hydrogen-bond donors (Lipinski definition) is 1. The van der Waals surface area contributed by atoms with Gasteiger partial charge in [-0.2, -0.15) is 0 Å². The second-order valence-electron chi connectivity index (χ2n) is 6.38. The molecule has 0 atom stereocenters. The van der Waals surface area contributed by atoms with Gasteiger partial charge in [-0.05, 0) is 36.1 Å². The molecule has 0 saturated carbocycles. The minimum absolute atomic E-state index is 0.0628. The standard InChI is InChI=1S/C22H19N3O2S/c1-2-25(14-19-23-18-11-7-6-10-17(18)21(26)24-19)22(27)20-16(12-13-28-20)15-8-4-3-5-9-15/h3-13H,2,14H2,1H3,(H,23,24,26). The van der Waals surface area contributed by atoms with E-state index in [-0.39, 0.29) is 18.0 Å². The van der Waals surface area contributed by atoms with Crippen molar-refractivity contribution in [2.24, 2.45) is 0 Å². The number of amides is 1. The Morgan fingerprint density at radius 2 is 1.82 bits per heavy atom. The third-order valence-corrected chi connectivity index (χ3v) is 5.52. The zero-order valence-corrected chi connectivity index (χ0v) is 16.2. The molecule has 1 amide bonds. The zero-order chi connectivity index (χ0) is 19.5. The van der Waals surface area contributed by atoms with Gasteiger partial charge in [0, 0.05) is 12.1 Å². The molecular formula is C22H19N3O2S. The molecule has 0 spiro atoms. The van der Waals surface area contributed by atoms with Crippen LogP contribution in [0.15, 0.2) is 70.8 Å². The number of aromatic nitrogens is 2. The lowest BCUT2D eigenvalue weighted by molar-refractivity contribution is 0.0754. The molecule has 2 heterocycles. The summed E-state index contributed by atoms with van der Waals surface area (Å²) in [5.41, 5.74) is 2.38. The average molecular weight is 389 g/mol. The summed E-state index contributed by atoms with van der Waals surface area (Å²) in [5, 5.41) is 2.48. The summed E-state index contributed by atoms with van der Waals surface area (Å²) in [6, 6.07) is 19.0. The Balaban J connectivity index is 1.65. The zero-order valence-electron chi connectivity index (χ0n) is 15.4. The maximum atomic E-state index is 13.2. The topological polar surface area (TPSA) is 66.1 Å². The molecule has 0 aliphatic carbocycles. The van der Waals surface area contributed by atoms with Crippen LogP contribution in [0.2, 0.25) is 0 Å². The first kappa shape index (κ1) is 18.1. The Morgan fingerprint density at radius 3 is 2.61 bits per heavy atom. The van der Waals surface area contributed by atoms with E-state index in [0.717, 1.165) is 11.1 Å². The van der Waals surface area contributed by atoms with E-state index in [1.807, 2.05) is 60.8 Å². The van der Waals surface area contributed by atoms with E-state index in [1.54, 1.807) is 17.0 Å². The molecule has 2 aromatic carbocycles. The summed E-state index contributed by atoms with van der Waals surface area (Å²) in [7, 11) is 0. The number of aromatic amines is 1. The Kier molecular flexibility index (Phi) is 5.04. The van der Waals surface area contributed by atoms with Crippen molar-refractivity contribution in [3.05, 3.63) is 87.1 Å². The van der Waals surface area contributed by atoms with E-state index >= 15 is 0 Å². The molecule has 0 fully saturated rings. The smallest absolute Gasteiger partial charge is 0.264 e. The average Bonchev–Trinajstić information content (AvgIpc) is 3.22. The molecule has 4 rings (SSSR count). The van der Waals surface area contributed by atoms with Crippen LogP contribution >= 0.6 is 11.3 Å². The fourth-order valence-electron chi connectivity index (χ4n) is 3.18. The van der Waals surface area contributed by atoms with Gasteiger partial charge in [0.05, 0.1) is 22.3 Å². The van der Waals surface area contributed by atoms with Crippen LogP contribution in [0.25, 0.3) is 22.0 Å². The molecule has 0 aliphatic rings. The Morgan fingerprint density at radius 1 is 1.07 bits per heavy atom. The van der Waals surface area contributed by atoms with Gasteiger partial charge in [-0.15, -0.1) is 11.3 Å². The van der Waals surface area contributed by atoms with Crippen LogP contribution < -0.4 is 5.56 Å². The third-order valence-electron chi connectivity index (χ3n) is 4.62. The van der Waals surface area contributed by atoms with Gasteiger partial charge in [0.2, 0.25) is 0 Å². The fourth-order valence-corrected chi connectivity index (χ4v) is 4.06. The molecule has 0 saturated heterocycles. The van der Waals surface area contributed by atoms with Gasteiger partial charge in [-0.3, -0.25) is 9.59 Å². The predicted octanol–water partition coefficient (Wildman–Crippen LogP) is 4.31. The largest absolute Gasteiger partial charge is 0.331 e. The number of carbonyl (C=O) groups excluding carboxylic acids is 1. The van der Waals surface area contributed by atoms with Crippen LogP contribution in [0.4, 0.5) is 0 Å². The SMILES string of the molecule is CCN(Cc1nc2ccccc2c(=O)[nH]1)C(=O)c1sccc1-c1ccccc1. The van der Waals surface area contributed by atoms with Gasteiger partial charge in [-0.25, -0.2) is 4.98 Å². The second kappa shape index (κ2) is 7.78. The minimum atomic E-state index is -0.190. The molecule has 1 N–H and O–H groups in total. The van der Waals surface area contributed by atoms with Crippen LogP contribution in [-0.2, 0) is 6.54 Å². The van der Waals surface area contributed by atoms with Crippen molar-refractivity contribution in [1.82, 2.24) is 14.9 Å². The number of para-hydroxylation sites is 1. The highest BCUT2D eigenvalue weighted by Crippen LogP contribution is 2.29. The molecular weight excluding hydrogens is 370 g/mol. The van der Waals surface area contributed by atoms with Crippen molar-refractivity contribution < 1.29 is 4.79 Å². The Bertz CT molecular complexity index is 1180. The van der Waals surface area contributed by atoms with Gasteiger partial charge in [-0.1, -0.05) is 42.5 Å². The summed E-state index contributed by atoms with van der Waals surface area (Å²) < 4.78 is 0. The number of hydrogen-bond acceptors (Lipinski definition) is 4. The first-order valence-electron chi connectivity index (χ1n) is 9.07. The third kappa shape index (κ3) is 3.46. The van der Waals surface area contributed by atoms with Gasteiger partial charge >= 0.3 is 0 Å². The summed E-state index contributed by atoms with van der Waals surface area (Å²) in [6.45, 7) is 2.69. The van der Waals surface area contributed by atoms with Gasteiger partial charge in [0.15, 0.2) is 0 Å². The van der Waals surface area contributed by atoms with Gasteiger partial charge in [0.25, 0.3) is 11.5 Å². The molecule has 0 bridgehead atoms. The summed E-state index contributed by atoms with van der Waals surface area (Å²) >= 11 is 1.43. The maximum absolute atomic E-state index is 13.2. The Hall–Kier alpha value is -3.25. The Labute approximate surface area is 166 Å². The van der Waals surface area contributed by atoms with Crippen molar-refractivity contribution in [3.8, 4) is 11.1 Å².